The summed E-state index contributed by atoms with van der Waals surface area (Å²) in [6.07, 6.45) is 3.11. The van der Waals surface area contributed by atoms with Gasteiger partial charge in [-0.1, -0.05) is 0 Å². The molecule has 0 radical (unpaired) electrons. The lowest BCUT2D eigenvalue weighted by Crippen LogP contribution is -2.01. The fourth-order valence-corrected chi connectivity index (χ4v) is 3.66. The number of thioether (sulfide) groups is 1. The largest absolute Gasteiger partial charge is 0.496 e. The molecular formula is C12H12BrClOS. The average molecular weight is 320 g/mol. The molecule has 0 saturated heterocycles. The first-order valence-electron chi connectivity index (χ1n) is 5.01. The van der Waals surface area contributed by atoms with Gasteiger partial charge in [-0.25, -0.2) is 0 Å². The van der Waals surface area contributed by atoms with Gasteiger partial charge >= 0.3 is 0 Å². The van der Waals surface area contributed by atoms with E-state index in [2.05, 4.69) is 39.5 Å². The zero-order chi connectivity index (χ0) is 11.5. The third-order valence-electron chi connectivity index (χ3n) is 2.57. The highest BCUT2D eigenvalue weighted by atomic mass is 79.9. The average Bonchev–Trinajstić information content (AvgIpc) is 2.29. The molecule has 0 aromatic heterocycles. The van der Waals surface area contributed by atoms with E-state index in [4.69, 9.17) is 16.3 Å². The van der Waals surface area contributed by atoms with E-state index >= 15 is 0 Å². The van der Waals surface area contributed by atoms with Gasteiger partial charge in [0.2, 0.25) is 0 Å². The fraction of sp³-hybridized carbons (Fsp3) is 0.333. The highest BCUT2D eigenvalue weighted by Crippen LogP contribution is 2.43. The first kappa shape index (κ1) is 12.3. The summed E-state index contributed by atoms with van der Waals surface area (Å²) in [5.74, 6) is 1.56. The van der Waals surface area contributed by atoms with Crippen LogP contribution in [-0.4, -0.2) is 13.0 Å². The third-order valence-corrected chi connectivity index (χ3v) is 4.52. The van der Waals surface area contributed by atoms with Crippen molar-refractivity contribution in [3.05, 3.63) is 33.1 Å². The van der Waals surface area contributed by atoms with Crippen molar-refractivity contribution in [3.8, 4) is 5.75 Å². The van der Waals surface area contributed by atoms with Crippen LogP contribution >= 0.6 is 39.3 Å². The van der Waals surface area contributed by atoms with Crippen LogP contribution in [0.5, 0.6) is 5.75 Å². The van der Waals surface area contributed by atoms with Crippen molar-refractivity contribution in [2.45, 2.75) is 11.7 Å². The predicted octanol–water partition coefficient (Wildman–Crippen LogP) is 4.85. The molecule has 1 aromatic carbocycles. The van der Waals surface area contributed by atoms with Gasteiger partial charge in [-0.3, -0.25) is 0 Å². The molecule has 1 aliphatic heterocycles. The molecular weight excluding hydrogens is 308 g/mol. The number of rotatable bonds is 3. The Balaban J connectivity index is 2.42. The fourth-order valence-electron chi connectivity index (χ4n) is 1.77. The molecule has 1 nitrogen and oxygen atoms in total. The van der Waals surface area contributed by atoms with Crippen molar-refractivity contribution >= 4 is 45.4 Å². The van der Waals surface area contributed by atoms with E-state index in [1.165, 1.54) is 11.1 Å². The number of benzene rings is 1. The van der Waals surface area contributed by atoms with E-state index in [0.29, 0.717) is 11.1 Å². The molecule has 4 heteroatoms. The highest BCUT2D eigenvalue weighted by Gasteiger charge is 2.19. The Morgan fingerprint density at radius 2 is 2.31 bits per heavy atom. The molecule has 1 heterocycles. The zero-order valence-corrected chi connectivity index (χ0v) is 12.0. The molecule has 0 amide bonds. The van der Waals surface area contributed by atoms with E-state index in [-0.39, 0.29) is 0 Å². The van der Waals surface area contributed by atoms with Crippen LogP contribution < -0.4 is 4.74 Å². The molecule has 0 saturated carbocycles. The Kier molecular flexibility index (Phi) is 4.22. The quantitative estimate of drug-likeness (QED) is 0.737. The van der Waals surface area contributed by atoms with E-state index in [1.54, 1.807) is 7.11 Å². The topological polar surface area (TPSA) is 9.23 Å². The summed E-state index contributed by atoms with van der Waals surface area (Å²) in [5.41, 5.74) is 2.56. The summed E-state index contributed by atoms with van der Waals surface area (Å²) in [7, 11) is 1.68. The van der Waals surface area contributed by atoms with E-state index in [1.807, 2.05) is 11.8 Å². The Morgan fingerprint density at radius 3 is 3.00 bits per heavy atom. The summed E-state index contributed by atoms with van der Waals surface area (Å²) in [6, 6.07) is 4.21. The van der Waals surface area contributed by atoms with E-state index in [0.717, 1.165) is 16.6 Å². The van der Waals surface area contributed by atoms with Crippen LogP contribution in [0.4, 0.5) is 0 Å². The molecule has 0 fully saturated rings. The smallest absolute Gasteiger partial charge is 0.133 e. The normalized spacial score (nSPS) is 18.3. The molecule has 1 aliphatic rings. The van der Waals surface area contributed by atoms with Gasteiger partial charge in [-0.05, 0) is 57.1 Å². The summed E-state index contributed by atoms with van der Waals surface area (Å²) >= 11 is 11.2. The number of methoxy groups -OCH3 is 1. The second-order valence-corrected chi connectivity index (χ2v) is 5.87. The third kappa shape index (κ3) is 2.41. The second-order valence-electron chi connectivity index (χ2n) is 3.52. The molecule has 0 N–H and O–H groups in total. The minimum atomic E-state index is 0.458. The highest BCUT2D eigenvalue weighted by molar-refractivity contribution is 9.10. The van der Waals surface area contributed by atoms with Crippen molar-refractivity contribution in [2.24, 2.45) is 0 Å². The minimum absolute atomic E-state index is 0.458. The molecule has 1 unspecified atom stereocenters. The Labute approximate surface area is 113 Å². The molecule has 1 atom stereocenters. The van der Waals surface area contributed by atoms with Crippen LogP contribution in [0.3, 0.4) is 0 Å². The molecule has 16 heavy (non-hydrogen) atoms. The maximum atomic E-state index is 5.83. The lowest BCUT2D eigenvalue weighted by molar-refractivity contribution is 0.412. The zero-order valence-electron chi connectivity index (χ0n) is 8.87. The number of ether oxygens (including phenoxy) is 1. The van der Waals surface area contributed by atoms with Crippen LogP contribution in [0.2, 0.25) is 0 Å². The summed E-state index contributed by atoms with van der Waals surface area (Å²) in [4.78, 5) is 0. The number of hydrogen-bond acceptors (Lipinski definition) is 2. The Morgan fingerprint density at radius 1 is 1.50 bits per heavy atom. The lowest BCUT2D eigenvalue weighted by atomic mass is 10.0. The molecule has 1 aromatic rings. The first-order valence-corrected chi connectivity index (χ1v) is 7.28. The standard InChI is InChI=1S/C12H12BrClOS/c1-15-11-6-8-3-5-16-12(2-4-14)9(8)7-10(11)13/h3,5-7,12H,2,4H2,1H3. The van der Waals surface area contributed by atoms with Gasteiger partial charge in [-0.2, -0.15) is 0 Å². The number of hydrogen-bond donors (Lipinski definition) is 0. The van der Waals surface area contributed by atoms with Gasteiger partial charge in [0.1, 0.15) is 5.75 Å². The van der Waals surface area contributed by atoms with Gasteiger partial charge < -0.3 is 4.74 Å². The van der Waals surface area contributed by atoms with Crippen molar-refractivity contribution in [2.75, 3.05) is 13.0 Å². The molecule has 0 spiro atoms. The van der Waals surface area contributed by atoms with Gasteiger partial charge in [0.15, 0.2) is 0 Å². The summed E-state index contributed by atoms with van der Waals surface area (Å²) in [5, 5.41) is 2.59. The van der Waals surface area contributed by atoms with Crippen molar-refractivity contribution < 1.29 is 4.74 Å². The molecule has 86 valence electrons. The predicted molar refractivity (Wildman–Crippen MR) is 75.4 cm³/mol. The van der Waals surface area contributed by atoms with Crippen LogP contribution in [0.15, 0.2) is 22.0 Å². The number of alkyl halides is 1. The SMILES string of the molecule is COc1cc2c(cc1Br)C(CCCl)SC=C2. The number of halogens is 2. The van der Waals surface area contributed by atoms with Crippen molar-refractivity contribution in [3.63, 3.8) is 0 Å². The maximum Gasteiger partial charge on any atom is 0.133 e. The molecule has 0 bridgehead atoms. The van der Waals surface area contributed by atoms with Gasteiger partial charge in [0.05, 0.1) is 11.6 Å². The monoisotopic (exact) mass is 318 g/mol. The van der Waals surface area contributed by atoms with E-state index in [9.17, 15) is 0 Å². The van der Waals surface area contributed by atoms with Gasteiger partial charge in [-0.15, -0.1) is 23.4 Å². The second kappa shape index (κ2) is 5.48. The van der Waals surface area contributed by atoms with Crippen LogP contribution in [-0.2, 0) is 0 Å². The van der Waals surface area contributed by atoms with Crippen LogP contribution in [0.1, 0.15) is 22.8 Å². The Bertz CT molecular complexity index is 420. The summed E-state index contributed by atoms with van der Waals surface area (Å²) < 4.78 is 6.30. The van der Waals surface area contributed by atoms with Crippen LogP contribution in [0.25, 0.3) is 6.08 Å². The van der Waals surface area contributed by atoms with Crippen LogP contribution in [0, 0.1) is 0 Å². The van der Waals surface area contributed by atoms with Gasteiger partial charge in [0.25, 0.3) is 0 Å². The first-order chi connectivity index (χ1) is 7.76. The van der Waals surface area contributed by atoms with E-state index < -0.39 is 0 Å². The summed E-state index contributed by atoms with van der Waals surface area (Å²) in [6.45, 7) is 0. The molecule has 0 aliphatic carbocycles. The molecule has 2 rings (SSSR count). The van der Waals surface area contributed by atoms with Gasteiger partial charge in [0, 0.05) is 11.1 Å². The number of fused-ring (bicyclic) bond motifs is 1. The van der Waals surface area contributed by atoms with Crippen molar-refractivity contribution in [1.29, 1.82) is 0 Å². The van der Waals surface area contributed by atoms with Crippen molar-refractivity contribution in [1.82, 2.24) is 0 Å². The minimum Gasteiger partial charge on any atom is -0.496 e. The maximum absolute atomic E-state index is 5.83. The Hall–Kier alpha value is -0.120. The lowest BCUT2D eigenvalue weighted by Gasteiger charge is -2.21.